The highest BCUT2D eigenvalue weighted by molar-refractivity contribution is 8.01. The zero-order valence-corrected chi connectivity index (χ0v) is 19.8. The van der Waals surface area contributed by atoms with Crippen molar-refractivity contribution in [3.05, 3.63) is 59.6 Å². The number of hydrogen-bond acceptors (Lipinski definition) is 7. The molecule has 2 heterocycles. The first-order valence-electron chi connectivity index (χ1n) is 10.2. The lowest BCUT2D eigenvalue weighted by Crippen LogP contribution is -2.28. The van der Waals surface area contributed by atoms with Gasteiger partial charge < -0.3 is 15.5 Å². The Bertz CT molecular complexity index is 1140. The van der Waals surface area contributed by atoms with Crippen LogP contribution in [0.5, 0.6) is 0 Å². The Morgan fingerprint density at radius 1 is 1.09 bits per heavy atom. The summed E-state index contributed by atoms with van der Waals surface area (Å²) in [6.45, 7) is 0.295. The van der Waals surface area contributed by atoms with Crippen LogP contribution in [0.4, 0.5) is 16.5 Å². The fraction of sp³-hybridized carbons (Fsp3) is 0.227. The summed E-state index contributed by atoms with van der Waals surface area (Å²) in [5.41, 5.74) is 1.47. The fourth-order valence-corrected chi connectivity index (χ4v) is 5.15. The van der Waals surface area contributed by atoms with Crippen molar-refractivity contribution in [2.24, 2.45) is 5.92 Å². The van der Waals surface area contributed by atoms with E-state index >= 15 is 0 Å². The Morgan fingerprint density at radius 3 is 2.61 bits per heavy atom. The van der Waals surface area contributed by atoms with Crippen molar-refractivity contribution in [1.29, 1.82) is 0 Å². The van der Waals surface area contributed by atoms with Crippen molar-refractivity contribution in [1.82, 2.24) is 10.2 Å². The Balaban J connectivity index is 1.23. The largest absolute Gasteiger partial charge is 0.326 e. The van der Waals surface area contributed by atoms with Crippen LogP contribution in [0.3, 0.4) is 0 Å². The number of halogens is 1. The molecule has 33 heavy (non-hydrogen) atoms. The molecule has 0 spiro atoms. The molecule has 1 aromatic heterocycles. The molecule has 1 aliphatic rings. The molecule has 2 aromatic carbocycles. The maximum atomic E-state index is 12.6. The van der Waals surface area contributed by atoms with Crippen LogP contribution in [0.25, 0.3) is 0 Å². The number of hydrogen-bond donors (Lipinski definition) is 2. The van der Waals surface area contributed by atoms with E-state index in [-0.39, 0.29) is 24.1 Å². The molecule has 0 radical (unpaired) electrons. The normalized spacial score (nSPS) is 15.5. The van der Waals surface area contributed by atoms with Gasteiger partial charge in [0.2, 0.25) is 22.9 Å². The second-order valence-electron chi connectivity index (χ2n) is 7.26. The predicted molar refractivity (Wildman–Crippen MR) is 131 cm³/mol. The molecule has 1 aliphatic heterocycles. The van der Waals surface area contributed by atoms with E-state index in [1.54, 1.807) is 29.2 Å². The average Bonchev–Trinajstić information content (AvgIpc) is 3.41. The summed E-state index contributed by atoms with van der Waals surface area (Å²) in [6.07, 6.45) is 0.455. The van der Waals surface area contributed by atoms with Crippen LogP contribution < -0.4 is 15.5 Å². The van der Waals surface area contributed by atoms with Gasteiger partial charge in [0.05, 0.1) is 5.92 Å². The fourth-order valence-electron chi connectivity index (χ4n) is 3.26. The highest BCUT2D eigenvalue weighted by Gasteiger charge is 2.35. The third-order valence-corrected chi connectivity index (χ3v) is 7.11. The molecule has 0 saturated carbocycles. The Hall–Kier alpha value is -2.95. The molecule has 3 aromatic rings. The number of benzene rings is 2. The van der Waals surface area contributed by atoms with Crippen molar-refractivity contribution >= 4 is 68.9 Å². The van der Waals surface area contributed by atoms with Crippen molar-refractivity contribution in [3.8, 4) is 0 Å². The first-order valence-corrected chi connectivity index (χ1v) is 12.3. The van der Waals surface area contributed by atoms with Gasteiger partial charge in [-0.15, -0.1) is 10.2 Å². The molecular formula is C22H20ClN5O3S2. The number of aromatic nitrogens is 2. The maximum absolute atomic E-state index is 12.6. The van der Waals surface area contributed by atoms with Gasteiger partial charge in [-0.1, -0.05) is 52.9 Å². The Kier molecular flexibility index (Phi) is 7.58. The highest BCUT2D eigenvalue weighted by atomic mass is 35.5. The van der Waals surface area contributed by atoms with E-state index in [2.05, 4.69) is 20.8 Å². The van der Waals surface area contributed by atoms with Gasteiger partial charge in [-0.25, -0.2) is 0 Å². The topological polar surface area (TPSA) is 104 Å². The van der Waals surface area contributed by atoms with Crippen molar-refractivity contribution < 1.29 is 14.4 Å². The minimum absolute atomic E-state index is 0.0807. The molecule has 1 fully saturated rings. The van der Waals surface area contributed by atoms with Gasteiger partial charge in [0, 0.05) is 41.5 Å². The number of carbonyl (C=O) groups excluding carboxylic acids is 3. The number of amides is 3. The molecular weight excluding hydrogens is 482 g/mol. The van der Waals surface area contributed by atoms with Crippen LogP contribution in [0.1, 0.15) is 12.8 Å². The third-order valence-electron chi connectivity index (χ3n) is 4.88. The van der Waals surface area contributed by atoms with Crippen LogP contribution in [0.15, 0.2) is 58.9 Å². The van der Waals surface area contributed by atoms with E-state index in [1.807, 2.05) is 30.3 Å². The second-order valence-corrected chi connectivity index (χ2v) is 10.0. The Morgan fingerprint density at radius 2 is 1.85 bits per heavy atom. The zero-order valence-electron chi connectivity index (χ0n) is 17.4. The molecule has 4 rings (SSSR count). The van der Waals surface area contributed by atoms with E-state index in [1.165, 1.54) is 23.1 Å². The van der Waals surface area contributed by atoms with Crippen LogP contribution in [0.2, 0.25) is 5.02 Å². The summed E-state index contributed by atoms with van der Waals surface area (Å²) in [6, 6.07) is 16.2. The summed E-state index contributed by atoms with van der Waals surface area (Å²) in [7, 11) is 0. The maximum Gasteiger partial charge on any atom is 0.231 e. The van der Waals surface area contributed by atoms with E-state index in [0.29, 0.717) is 38.9 Å². The van der Waals surface area contributed by atoms with Crippen LogP contribution in [-0.4, -0.2) is 40.2 Å². The average molecular weight is 502 g/mol. The number of anilines is 3. The molecule has 1 saturated heterocycles. The molecule has 170 valence electrons. The molecule has 3 amide bonds. The summed E-state index contributed by atoms with van der Waals surface area (Å²) < 4.78 is 0.656. The van der Waals surface area contributed by atoms with E-state index in [4.69, 9.17) is 11.6 Å². The minimum atomic E-state index is -0.477. The smallest absolute Gasteiger partial charge is 0.231 e. The Labute approximate surface area is 203 Å². The predicted octanol–water partition coefficient (Wildman–Crippen LogP) is 4.30. The van der Waals surface area contributed by atoms with Gasteiger partial charge in [-0.2, -0.15) is 0 Å². The van der Waals surface area contributed by atoms with Crippen molar-refractivity contribution in [2.75, 3.05) is 27.8 Å². The molecule has 0 unspecified atom stereocenters. The van der Waals surface area contributed by atoms with Crippen LogP contribution in [0, 0.1) is 5.92 Å². The number of thioether (sulfide) groups is 1. The lowest BCUT2D eigenvalue weighted by atomic mass is 10.1. The lowest BCUT2D eigenvalue weighted by Gasteiger charge is -2.16. The number of rotatable bonds is 8. The quantitative estimate of drug-likeness (QED) is 0.352. The monoisotopic (exact) mass is 501 g/mol. The standard InChI is InChI=1S/C22H20ClN5O3S2/c23-15-6-8-17(9-7-15)28-13-14(12-19(28)30)20(31)25-21-26-27-22(33-21)32-11-10-18(29)24-16-4-2-1-3-5-16/h1-9,14H,10-13H2,(H,24,29)(H,25,26,31)/t14-/m1/s1. The third kappa shape index (κ3) is 6.31. The first kappa shape index (κ1) is 23.2. The molecule has 0 aliphatic carbocycles. The van der Waals surface area contributed by atoms with Gasteiger partial charge in [-0.3, -0.25) is 14.4 Å². The minimum Gasteiger partial charge on any atom is -0.326 e. The molecule has 2 N–H and O–H groups in total. The van der Waals surface area contributed by atoms with Gasteiger partial charge in [-0.05, 0) is 36.4 Å². The van der Waals surface area contributed by atoms with E-state index < -0.39 is 5.92 Å². The number of para-hydroxylation sites is 1. The molecule has 1 atom stereocenters. The number of carbonyl (C=O) groups is 3. The number of nitrogens with zero attached hydrogens (tertiary/aromatic N) is 3. The van der Waals surface area contributed by atoms with Crippen LogP contribution >= 0.6 is 34.7 Å². The van der Waals surface area contributed by atoms with Gasteiger partial charge in [0.15, 0.2) is 4.34 Å². The zero-order chi connectivity index (χ0) is 23.2. The van der Waals surface area contributed by atoms with Crippen molar-refractivity contribution in [3.63, 3.8) is 0 Å². The van der Waals surface area contributed by atoms with E-state index in [0.717, 1.165) is 5.69 Å². The molecule has 8 nitrogen and oxygen atoms in total. The molecule has 0 bridgehead atoms. The van der Waals surface area contributed by atoms with Gasteiger partial charge in [0.25, 0.3) is 0 Å². The van der Waals surface area contributed by atoms with Crippen molar-refractivity contribution in [2.45, 2.75) is 17.2 Å². The first-order chi connectivity index (χ1) is 16.0. The van der Waals surface area contributed by atoms with E-state index in [9.17, 15) is 14.4 Å². The molecule has 11 heteroatoms. The number of nitrogens with one attached hydrogen (secondary N) is 2. The SMILES string of the molecule is O=C(CCSc1nnc(NC(=O)[C@@H]2CC(=O)N(c3ccc(Cl)cc3)C2)s1)Nc1ccccc1. The lowest BCUT2D eigenvalue weighted by molar-refractivity contribution is -0.122. The summed E-state index contributed by atoms with van der Waals surface area (Å²) in [5, 5.41) is 14.6. The van der Waals surface area contributed by atoms with Crippen LogP contribution in [-0.2, 0) is 14.4 Å². The summed E-state index contributed by atoms with van der Waals surface area (Å²) in [5.74, 6) is -0.402. The summed E-state index contributed by atoms with van der Waals surface area (Å²) in [4.78, 5) is 38.6. The van der Waals surface area contributed by atoms with Gasteiger partial charge in [0.1, 0.15) is 0 Å². The highest BCUT2D eigenvalue weighted by Crippen LogP contribution is 2.29. The van der Waals surface area contributed by atoms with Gasteiger partial charge >= 0.3 is 0 Å². The summed E-state index contributed by atoms with van der Waals surface area (Å²) >= 11 is 8.54. The second kappa shape index (κ2) is 10.8.